The summed E-state index contributed by atoms with van der Waals surface area (Å²) in [5.74, 6) is 0.299. The van der Waals surface area contributed by atoms with E-state index < -0.39 is 12.2 Å². The van der Waals surface area contributed by atoms with Crippen LogP contribution in [0.15, 0.2) is 24.3 Å². The van der Waals surface area contributed by atoms with E-state index in [0.29, 0.717) is 23.8 Å². The molecule has 0 aliphatic heterocycles. The van der Waals surface area contributed by atoms with Gasteiger partial charge in [-0.05, 0) is 18.9 Å². The van der Waals surface area contributed by atoms with Crippen LogP contribution in [0.25, 0.3) is 0 Å². The van der Waals surface area contributed by atoms with E-state index in [4.69, 9.17) is 4.74 Å². The molecule has 0 saturated carbocycles. The number of hydrogen-bond donors (Lipinski definition) is 2. The van der Waals surface area contributed by atoms with Crippen LogP contribution < -0.4 is 5.32 Å². The number of ether oxygens (including phenoxy) is 1. The van der Waals surface area contributed by atoms with Gasteiger partial charge in [0.25, 0.3) is 0 Å². The summed E-state index contributed by atoms with van der Waals surface area (Å²) in [6.07, 6.45) is -1.12. The van der Waals surface area contributed by atoms with Gasteiger partial charge in [-0.1, -0.05) is 32.0 Å². The maximum absolute atomic E-state index is 11.5. The zero-order chi connectivity index (χ0) is 12.8. The first-order valence-corrected chi connectivity index (χ1v) is 5.71. The first-order chi connectivity index (χ1) is 8.00. The Morgan fingerprint density at radius 2 is 2.00 bits per heavy atom. The molecule has 94 valence electrons. The lowest BCUT2D eigenvalue weighted by atomic mass is 10.1. The number of benzene rings is 1. The van der Waals surface area contributed by atoms with Crippen LogP contribution in [-0.4, -0.2) is 17.8 Å². The quantitative estimate of drug-likeness (QED) is 0.846. The van der Waals surface area contributed by atoms with Gasteiger partial charge in [-0.3, -0.25) is 5.32 Å². The molecule has 0 aromatic heterocycles. The molecule has 0 spiro atoms. The van der Waals surface area contributed by atoms with Crippen LogP contribution in [-0.2, 0) is 4.74 Å². The van der Waals surface area contributed by atoms with Crippen molar-refractivity contribution >= 4 is 11.8 Å². The molecule has 4 heteroatoms. The minimum Gasteiger partial charge on any atom is -0.449 e. The highest BCUT2D eigenvalue weighted by molar-refractivity contribution is 5.85. The highest BCUT2D eigenvalue weighted by Gasteiger charge is 2.10. The maximum Gasteiger partial charge on any atom is 0.411 e. The van der Waals surface area contributed by atoms with Crippen LogP contribution in [0.3, 0.4) is 0 Å². The second-order valence-electron chi connectivity index (χ2n) is 4.38. The van der Waals surface area contributed by atoms with Gasteiger partial charge in [0.15, 0.2) is 0 Å². The number of rotatable bonds is 4. The SMILES string of the molecule is CC(C)COC(=O)Nc1ccccc1C(C)O. The number of para-hydroxylation sites is 1. The summed E-state index contributed by atoms with van der Waals surface area (Å²) in [7, 11) is 0. The summed E-state index contributed by atoms with van der Waals surface area (Å²) in [5.41, 5.74) is 1.25. The number of carbonyl (C=O) groups is 1. The molecule has 4 nitrogen and oxygen atoms in total. The average Bonchev–Trinajstić information content (AvgIpc) is 2.27. The molecule has 0 radical (unpaired) electrons. The maximum atomic E-state index is 11.5. The van der Waals surface area contributed by atoms with Crippen molar-refractivity contribution in [2.45, 2.75) is 26.9 Å². The summed E-state index contributed by atoms with van der Waals surface area (Å²) >= 11 is 0. The van der Waals surface area contributed by atoms with Crippen LogP contribution in [0.4, 0.5) is 10.5 Å². The Morgan fingerprint density at radius 3 is 2.59 bits per heavy atom. The van der Waals surface area contributed by atoms with E-state index >= 15 is 0 Å². The lowest BCUT2D eigenvalue weighted by Crippen LogP contribution is -2.17. The van der Waals surface area contributed by atoms with Gasteiger partial charge >= 0.3 is 6.09 Å². The monoisotopic (exact) mass is 237 g/mol. The van der Waals surface area contributed by atoms with E-state index in [2.05, 4.69) is 5.32 Å². The Hall–Kier alpha value is -1.55. The second kappa shape index (κ2) is 6.25. The molecule has 1 aromatic rings. The molecule has 0 bridgehead atoms. The first kappa shape index (κ1) is 13.5. The summed E-state index contributed by atoms with van der Waals surface area (Å²) in [5, 5.41) is 12.2. The van der Waals surface area contributed by atoms with Gasteiger partial charge in [0.1, 0.15) is 0 Å². The van der Waals surface area contributed by atoms with Gasteiger partial charge in [-0.15, -0.1) is 0 Å². The number of nitrogens with one attached hydrogen (secondary N) is 1. The Bertz CT molecular complexity index is 375. The van der Waals surface area contributed by atoms with Crippen molar-refractivity contribution in [1.82, 2.24) is 0 Å². The van der Waals surface area contributed by atoms with Gasteiger partial charge in [0.05, 0.1) is 12.7 Å². The zero-order valence-electron chi connectivity index (χ0n) is 10.4. The van der Waals surface area contributed by atoms with Gasteiger partial charge in [0, 0.05) is 11.3 Å². The van der Waals surface area contributed by atoms with E-state index in [1.807, 2.05) is 19.9 Å². The van der Waals surface area contributed by atoms with E-state index in [0.717, 1.165) is 0 Å². The Morgan fingerprint density at radius 1 is 1.35 bits per heavy atom. The number of carbonyl (C=O) groups excluding carboxylic acids is 1. The number of aliphatic hydroxyl groups is 1. The van der Waals surface area contributed by atoms with Crippen LogP contribution in [0, 0.1) is 5.92 Å². The topological polar surface area (TPSA) is 58.6 Å². The number of aliphatic hydroxyl groups excluding tert-OH is 1. The van der Waals surface area contributed by atoms with E-state index in [9.17, 15) is 9.90 Å². The van der Waals surface area contributed by atoms with Crippen LogP contribution >= 0.6 is 0 Å². The minimum absolute atomic E-state index is 0.299. The highest BCUT2D eigenvalue weighted by Crippen LogP contribution is 2.22. The molecule has 0 heterocycles. The molecule has 0 saturated heterocycles. The second-order valence-corrected chi connectivity index (χ2v) is 4.38. The fraction of sp³-hybridized carbons (Fsp3) is 0.462. The fourth-order valence-corrected chi connectivity index (χ4v) is 1.36. The smallest absolute Gasteiger partial charge is 0.411 e. The summed E-state index contributed by atoms with van der Waals surface area (Å²) in [6, 6.07) is 7.11. The molecule has 1 atom stereocenters. The molecular formula is C13H19NO3. The first-order valence-electron chi connectivity index (χ1n) is 5.71. The minimum atomic E-state index is -0.628. The van der Waals surface area contributed by atoms with Crippen molar-refractivity contribution in [2.75, 3.05) is 11.9 Å². The molecule has 0 aliphatic rings. The zero-order valence-corrected chi connectivity index (χ0v) is 10.4. The van der Waals surface area contributed by atoms with E-state index in [1.54, 1.807) is 25.1 Å². The van der Waals surface area contributed by atoms with Gasteiger partial charge in [-0.2, -0.15) is 0 Å². The summed E-state index contributed by atoms with van der Waals surface area (Å²) < 4.78 is 5.01. The molecule has 1 amide bonds. The van der Waals surface area contributed by atoms with Crippen molar-refractivity contribution in [3.63, 3.8) is 0 Å². The summed E-state index contributed by atoms with van der Waals surface area (Å²) in [4.78, 5) is 11.5. The predicted molar refractivity (Wildman–Crippen MR) is 66.9 cm³/mol. The average molecular weight is 237 g/mol. The van der Waals surface area contributed by atoms with Gasteiger partial charge in [-0.25, -0.2) is 4.79 Å². The third-order valence-corrected chi connectivity index (χ3v) is 2.20. The molecule has 1 unspecified atom stereocenters. The molecule has 17 heavy (non-hydrogen) atoms. The number of anilines is 1. The van der Waals surface area contributed by atoms with Crippen molar-refractivity contribution in [2.24, 2.45) is 5.92 Å². The lowest BCUT2D eigenvalue weighted by Gasteiger charge is -2.13. The van der Waals surface area contributed by atoms with Gasteiger partial charge in [0.2, 0.25) is 0 Å². The highest BCUT2D eigenvalue weighted by atomic mass is 16.5. The molecule has 0 fully saturated rings. The normalized spacial score (nSPS) is 12.3. The predicted octanol–water partition coefficient (Wildman–Crippen LogP) is 2.94. The third-order valence-electron chi connectivity index (χ3n) is 2.20. The van der Waals surface area contributed by atoms with E-state index in [1.165, 1.54) is 0 Å². The molecule has 2 N–H and O–H groups in total. The van der Waals surface area contributed by atoms with Gasteiger partial charge < -0.3 is 9.84 Å². The number of hydrogen-bond acceptors (Lipinski definition) is 3. The molecule has 1 rings (SSSR count). The molecule has 1 aromatic carbocycles. The standard InChI is InChI=1S/C13H19NO3/c1-9(2)8-17-13(16)14-12-7-5-4-6-11(12)10(3)15/h4-7,9-10,15H,8H2,1-3H3,(H,14,16). The van der Waals surface area contributed by atoms with Crippen LogP contribution in [0.1, 0.15) is 32.4 Å². The Kier molecular flexibility index (Phi) is 4.97. The molecule has 0 aliphatic carbocycles. The van der Waals surface area contributed by atoms with Crippen molar-refractivity contribution in [1.29, 1.82) is 0 Å². The van der Waals surface area contributed by atoms with E-state index in [-0.39, 0.29) is 0 Å². The number of amides is 1. The van der Waals surface area contributed by atoms with Crippen molar-refractivity contribution in [3.05, 3.63) is 29.8 Å². The van der Waals surface area contributed by atoms with Crippen molar-refractivity contribution < 1.29 is 14.6 Å². The fourth-order valence-electron chi connectivity index (χ4n) is 1.36. The Labute approximate surface area is 102 Å². The van der Waals surface area contributed by atoms with Crippen LogP contribution in [0.2, 0.25) is 0 Å². The Balaban J connectivity index is 2.65. The van der Waals surface area contributed by atoms with Crippen LogP contribution in [0.5, 0.6) is 0 Å². The van der Waals surface area contributed by atoms with Crippen molar-refractivity contribution in [3.8, 4) is 0 Å². The third kappa shape index (κ3) is 4.44. The summed E-state index contributed by atoms with van der Waals surface area (Å²) in [6.45, 7) is 5.97. The largest absolute Gasteiger partial charge is 0.449 e. The lowest BCUT2D eigenvalue weighted by molar-refractivity contribution is 0.147. The molecular weight excluding hydrogens is 218 g/mol.